The minimum Gasteiger partial charge on any atom is -0.356 e. The molecule has 2 aliphatic heterocycles. The third kappa shape index (κ3) is 3.53. The van der Waals surface area contributed by atoms with Gasteiger partial charge in [0.25, 0.3) is 0 Å². The van der Waals surface area contributed by atoms with Crippen molar-refractivity contribution in [3.8, 4) is 0 Å². The van der Waals surface area contributed by atoms with Crippen LogP contribution >= 0.6 is 11.3 Å². The van der Waals surface area contributed by atoms with Crippen LogP contribution in [0.5, 0.6) is 0 Å². The summed E-state index contributed by atoms with van der Waals surface area (Å²) in [6.07, 6.45) is 1.72. The molecule has 134 valence electrons. The minimum atomic E-state index is 0.0595. The van der Waals surface area contributed by atoms with Gasteiger partial charge in [-0.2, -0.15) is 0 Å². The molecule has 7 heteroatoms. The lowest BCUT2D eigenvalue weighted by Crippen LogP contribution is -2.29. The maximum absolute atomic E-state index is 4.54. The maximum atomic E-state index is 4.54. The zero-order chi connectivity index (χ0) is 17.6. The van der Waals surface area contributed by atoms with Crippen LogP contribution in [0.2, 0.25) is 0 Å². The largest absolute Gasteiger partial charge is 0.356 e. The van der Waals surface area contributed by atoms with Crippen molar-refractivity contribution in [3.63, 3.8) is 0 Å². The molecule has 0 aromatic carbocycles. The monoisotopic (exact) mass is 358 g/mol. The van der Waals surface area contributed by atoms with Gasteiger partial charge in [0.15, 0.2) is 0 Å². The highest BCUT2D eigenvalue weighted by atomic mass is 32.1. The van der Waals surface area contributed by atoms with Crippen LogP contribution in [0.4, 0.5) is 5.82 Å². The maximum Gasteiger partial charge on any atom is 0.132 e. The molecule has 4 heterocycles. The number of hydrogen-bond donors (Lipinski definition) is 0. The Hall–Kier alpha value is -1.60. The van der Waals surface area contributed by atoms with E-state index in [1.165, 1.54) is 0 Å². The molecule has 0 amide bonds. The smallest absolute Gasteiger partial charge is 0.132 e. The summed E-state index contributed by atoms with van der Waals surface area (Å²) in [7, 11) is 0. The Morgan fingerprint density at radius 1 is 1.08 bits per heavy atom. The number of nitrogens with zero attached hydrogens (tertiary/aromatic N) is 6. The molecule has 0 radical (unpaired) electrons. The molecule has 0 aliphatic carbocycles. The second-order valence-electron chi connectivity index (χ2n) is 8.35. The van der Waals surface area contributed by atoms with Gasteiger partial charge >= 0.3 is 0 Å². The van der Waals surface area contributed by atoms with Crippen LogP contribution in [0.1, 0.15) is 36.5 Å². The van der Waals surface area contributed by atoms with Gasteiger partial charge in [-0.15, -0.1) is 21.5 Å². The number of rotatable bonds is 3. The summed E-state index contributed by atoms with van der Waals surface area (Å²) in [6.45, 7) is 14.0. The Balaban J connectivity index is 1.39. The lowest BCUT2D eigenvalue weighted by Gasteiger charge is -2.24. The van der Waals surface area contributed by atoms with Crippen molar-refractivity contribution < 1.29 is 0 Å². The minimum absolute atomic E-state index is 0.0595. The molecule has 2 fully saturated rings. The van der Waals surface area contributed by atoms with Crippen LogP contribution in [0.25, 0.3) is 0 Å². The highest BCUT2D eigenvalue weighted by molar-refractivity contribution is 7.11. The molecule has 2 unspecified atom stereocenters. The molecule has 0 N–H and O–H groups in total. The van der Waals surface area contributed by atoms with Crippen molar-refractivity contribution in [1.82, 2.24) is 25.1 Å². The Morgan fingerprint density at radius 3 is 2.40 bits per heavy atom. The molecule has 0 bridgehead atoms. The van der Waals surface area contributed by atoms with E-state index in [1.54, 1.807) is 17.7 Å². The lowest BCUT2D eigenvalue weighted by atomic mass is 9.92. The van der Waals surface area contributed by atoms with Gasteiger partial charge in [0.1, 0.15) is 22.2 Å². The number of anilines is 1. The number of likely N-dealkylation sites (tertiary alicyclic amines) is 1. The molecule has 2 aromatic rings. The van der Waals surface area contributed by atoms with Crippen LogP contribution in [0.3, 0.4) is 0 Å². The van der Waals surface area contributed by atoms with Gasteiger partial charge in [0, 0.05) is 37.7 Å². The molecule has 2 saturated heterocycles. The second-order valence-corrected chi connectivity index (χ2v) is 9.61. The van der Waals surface area contributed by atoms with E-state index in [9.17, 15) is 0 Å². The van der Waals surface area contributed by atoms with Crippen LogP contribution in [-0.2, 0) is 12.0 Å². The summed E-state index contributed by atoms with van der Waals surface area (Å²) in [4.78, 5) is 14.0. The van der Waals surface area contributed by atoms with Crippen LogP contribution in [0, 0.1) is 18.8 Å². The zero-order valence-electron chi connectivity index (χ0n) is 15.4. The van der Waals surface area contributed by atoms with E-state index in [2.05, 4.69) is 56.8 Å². The molecule has 25 heavy (non-hydrogen) atoms. The van der Waals surface area contributed by atoms with Crippen LogP contribution in [-0.4, -0.2) is 51.2 Å². The topological polar surface area (TPSA) is 58.0 Å². The standard InChI is InChI=1S/C18H26N6S/c1-12-21-22-17(25-12)10-23-6-13-8-24(9-14(13)7-23)16-5-15(18(2,3)4)19-11-20-16/h5,11,13-14H,6-10H2,1-4H3. The van der Waals surface area contributed by atoms with Crippen molar-refractivity contribution in [2.24, 2.45) is 11.8 Å². The summed E-state index contributed by atoms with van der Waals surface area (Å²) in [5.74, 6) is 2.53. The van der Waals surface area contributed by atoms with Gasteiger partial charge in [-0.3, -0.25) is 4.90 Å². The average molecular weight is 359 g/mol. The van der Waals surface area contributed by atoms with Crippen molar-refractivity contribution in [1.29, 1.82) is 0 Å². The summed E-state index contributed by atoms with van der Waals surface area (Å²) in [6, 6.07) is 2.17. The van der Waals surface area contributed by atoms with E-state index in [4.69, 9.17) is 0 Å². The molecular formula is C18H26N6S. The first-order valence-corrected chi connectivity index (χ1v) is 9.79. The summed E-state index contributed by atoms with van der Waals surface area (Å²) < 4.78 is 0. The van der Waals surface area contributed by atoms with E-state index < -0.39 is 0 Å². The van der Waals surface area contributed by atoms with Gasteiger partial charge < -0.3 is 4.90 Å². The summed E-state index contributed by atoms with van der Waals surface area (Å²) in [5.41, 5.74) is 1.17. The highest BCUT2D eigenvalue weighted by Crippen LogP contribution is 2.34. The summed E-state index contributed by atoms with van der Waals surface area (Å²) >= 11 is 1.71. The number of hydrogen-bond acceptors (Lipinski definition) is 7. The Morgan fingerprint density at radius 2 is 1.80 bits per heavy atom. The highest BCUT2D eigenvalue weighted by Gasteiger charge is 2.40. The van der Waals surface area contributed by atoms with E-state index >= 15 is 0 Å². The van der Waals surface area contributed by atoms with Crippen molar-refractivity contribution in [2.75, 3.05) is 31.1 Å². The van der Waals surface area contributed by atoms with Crippen LogP contribution in [0.15, 0.2) is 12.4 Å². The fourth-order valence-corrected chi connectivity index (χ4v) is 4.68. The normalized spacial score (nSPS) is 24.1. The molecule has 2 atom stereocenters. The molecular weight excluding hydrogens is 332 g/mol. The first-order chi connectivity index (χ1) is 11.9. The van der Waals surface area contributed by atoms with Crippen molar-refractivity contribution in [3.05, 3.63) is 28.1 Å². The third-order valence-corrected chi connectivity index (χ3v) is 6.06. The number of aryl methyl sites for hydroxylation is 1. The van der Waals surface area contributed by atoms with Crippen LogP contribution < -0.4 is 4.90 Å². The van der Waals surface area contributed by atoms with Gasteiger partial charge in [-0.25, -0.2) is 9.97 Å². The molecule has 6 nitrogen and oxygen atoms in total. The Labute approximate surface area is 153 Å². The first kappa shape index (κ1) is 16.8. The SMILES string of the molecule is Cc1nnc(CN2CC3CN(c4cc(C(C)(C)C)ncn4)CC3C2)s1. The van der Waals surface area contributed by atoms with Gasteiger partial charge in [-0.1, -0.05) is 20.8 Å². The predicted molar refractivity (Wildman–Crippen MR) is 99.8 cm³/mol. The van der Waals surface area contributed by atoms with Gasteiger partial charge in [0.2, 0.25) is 0 Å². The molecule has 0 saturated carbocycles. The lowest BCUT2D eigenvalue weighted by molar-refractivity contribution is 0.307. The zero-order valence-corrected chi connectivity index (χ0v) is 16.3. The Kier molecular flexibility index (Phi) is 4.24. The quantitative estimate of drug-likeness (QED) is 0.840. The third-order valence-electron chi connectivity index (χ3n) is 5.23. The average Bonchev–Trinajstić information content (AvgIpc) is 3.22. The summed E-state index contributed by atoms with van der Waals surface area (Å²) in [5, 5.41) is 10.6. The van der Waals surface area contributed by atoms with Gasteiger partial charge in [0.05, 0.1) is 12.2 Å². The first-order valence-electron chi connectivity index (χ1n) is 8.97. The molecule has 0 spiro atoms. The number of aromatic nitrogens is 4. The molecule has 4 rings (SSSR count). The van der Waals surface area contributed by atoms with E-state index in [-0.39, 0.29) is 5.41 Å². The van der Waals surface area contributed by atoms with Crippen molar-refractivity contribution in [2.45, 2.75) is 39.7 Å². The van der Waals surface area contributed by atoms with E-state index in [1.807, 2.05) is 6.92 Å². The van der Waals surface area contributed by atoms with Crippen molar-refractivity contribution >= 4 is 17.2 Å². The molecule has 2 aromatic heterocycles. The predicted octanol–water partition coefficient (Wildman–Crippen LogP) is 2.50. The van der Waals surface area contributed by atoms with Gasteiger partial charge in [-0.05, 0) is 18.8 Å². The second kappa shape index (κ2) is 6.29. The number of fused-ring (bicyclic) bond motifs is 1. The fraction of sp³-hybridized carbons (Fsp3) is 0.667. The van der Waals surface area contributed by atoms with E-state index in [0.29, 0.717) is 0 Å². The Bertz CT molecular complexity index is 738. The van der Waals surface area contributed by atoms with E-state index in [0.717, 1.165) is 66.1 Å². The molecule has 2 aliphatic rings. The fourth-order valence-electron chi connectivity index (χ4n) is 3.93.